The van der Waals surface area contributed by atoms with Crippen LogP contribution in [0.3, 0.4) is 0 Å². The molecule has 0 saturated heterocycles. The lowest BCUT2D eigenvalue weighted by atomic mass is 10.1. The van der Waals surface area contributed by atoms with Gasteiger partial charge in [0.05, 0.1) is 0 Å². The van der Waals surface area contributed by atoms with Crippen molar-refractivity contribution in [2.45, 2.75) is 26.5 Å². The summed E-state index contributed by atoms with van der Waals surface area (Å²) in [4.78, 5) is 24.9. The molecule has 0 aliphatic carbocycles. The van der Waals surface area contributed by atoms with Gasteiger partial charge in [-0.1, -0.05) is 29.8 Å². The Morgan fingerprint density at radius 2 is 1.97 bits per heavy atom. The standard InChI is InChI=1S/C21H18ClN3O4/c1-13-18(16(11-23)20(28-13)25-9-5-6-10-25)21(27)29-14(2)19(26)24-12-15-7-3-4-8-17(15)22/h3-10,14H,12H2,1-2H3,(H,24,26)/t14-/m1/s1. The van der Waals surface area contributed by atoms with Crippen molar-refractivity contribution >= 4 is 23.5 Å². The van der Waals surface area contributed by atoms with E-state index in [2.05, 4.69) is 5.32 Å². The minimum atomic E-state index is -1.07. The highest BCUT2D eigenvalue weighted by Gasteiger charge is 2.28. The van der Waals surface area contributed by atoms with Gasteiger partial charge in [0, 0.05) is 24.0 Å². The van der Waals surface area contributed by atoms with Crippen LogP contribution in [0.4, 0.5) is 0 Å². The number of nitrogens with zero attached hydrogens (tertiary/aromatic N) is 2. The first-order chi connectivity index (χ1) is 13.9. The molecule has 3 rings (SSSR count). The summed E-state index contributed by atoms with van der Waals surface area (Å²) in [5.41, 5.74) is 0.796. The fraction of sp³-hybridized carbons (Fsp3) is 0.190. The number of benzene rings is 1. The molecule has 2 aromatic heterocycles. The lowest BCUT2D eigenvalue weighted by molar-refractivity contribution is -0.129. The molecule has 1 atom stereocenters. The highest BCUT2D eigenvalue weighted by Crippen LogP contribution is 2.26. The molecule has 0 fully saturated rings. The number of nitriles is 1. The minimum Gasteiger partial charge on any atom is -0.449 e. The molecule has 8 heteroatoms. The Morgan fingerprint density at radius 1 is 1.28 bits per heavy atom. The molecule has 2 heterocycles. The molecule has 0 radical (unpaired) electrons. The summed E-state index contributed by atoms with van der Waals surface area (Å²) in [6.45, 7) is 3.22. The number of esters is 1. The van der Waals surface area contributed by atoms with E-state index in [0.717, 1.165) is 5.56 Å². The van der Waals surface area contributed by atoms with Gasteiger partial charge in [-0.15, -0.1) is 0 Å². The predicted molar refractivity (Wildman–Crippen MR) is 106 cm³/mol. The van der Waals surface area contributed by atoms with Crippen molar-refractivity contribution in [2.24, 2.45) is 0 Å². The largest absolute Gasteiger partial charge is 0.449 e. The SMILES string of the molecule is Cc1oc(-n2cccc2)c(C#N)c1C(=O)O[C@H](C)C(=O)NCc1ccccc1Cl. The van der Waals surface area contributed by atoms with Crippen molar-refractivity contribution in [3.8, 4) is 12.0 Å². The number of amides is 1. The van der Waals surface area contributed by atoms with Crippen LogP contribution in [-0.4, -0.2) is 22.5 Å². The molecular weight excluding hydrogens is 394 g/mol. The van der Waals surface area contributed by atoms with E-state index in [1.54, 1.807) is 54.2 Å². The van der Waals surface area contributed by atoms with Crippen LogP contribution >= 0.6 is 11.6 Å². The van der Waals surface area contributed by atoms with Crippen molar-refractivity contribution in [1.29, 1.82) is 5.26 Å². The van der Waals surface area contributed by atoms with Gasteiger partial charge < -0.3 is 14.5 Å². The molecule has 1 N–H and O–H groups in total. The van der Waals surface area contributed by atoms with E-state index in [1.807, 2.05) is 12.1 Å². The molecule has 0 bridgehead atoms. The fourth-order valence-corrected chi connectivity index (χ4v) is 2.97. The number of rotatable bonds is 6. The van der Waals surface area contributed by atoms with E-state index in [1.165, 1.54) is 6.92 Å². The second-order valence-electron chi connectivity index (χ2n) is 6.27. The van der Waals surface area contributed by atoms with E-state index in [4.69, 9.17) is 20.8 Å². The van der Waals surface area contributed by atoms with E-state index in [-0.39, 0.29) is 29.3 Å². The molecule has 7 nitrogen and oxygen atoms in total. The number of carbonyl (C=O) groups excluding carboxylic acids is 2. The second-order valence-corrected chi connectivity index (χ2v) is 6.68. The number of ether oxygens (including phenoxy) is 1. The third-order valence-corrected chi connectivity index (χ3v) is 4.65. The summed E-state index contributed by atoms with van der Waals surface area (Å²) in [5, 5.41) is 12.7. The summed E-state index contributed by atoms with van der Waals surface area (Å²) in [7, 11) is 0. The van der Waals surface area contributed by atoms with Gasteiger partial charge in [-0.3, -0.25) is 9.36 Å². The van der Waals surface area contributed by atoms with Crippen LogP contribution in [0.15, 0.2) is 53.2 Å². The van der Waals surface area contributed by atoms with Gasteiger partial charge in [0.25, 0.3) is 5.91 Å². The first-order valence-corrected chi connectivity index (χ1v) is 9.19. The van der Waals surface area contributed by atoms with Crippen molar-refractivity contribution in [3.05, 3.63) is 76.3 Å². The lowest BCUT2D eigenvalue weighted by Gasteiger charge is -2.14. The molecule has 1 amide bonds. The van der Waals surface area contributed by atoms with E-state index < -0.39 is 18.0 Å². The third-order valence-electron chi connectivity index (χ3n) is 4.28. The number of hydrogen-bond acceptors (Lipinski definition) is 5. The van der Waals surface area contributed by atoms with Gasteiger partial charge in [0.15, 0.2) is 6.10 Å². The molecule has 0 aliphatic rings. The molecule has 0 saturated carbocycles. The Bertz CT molecular complexity index is 1080. The fourth-order valence-electron chi connectivity index (χ4n) is 2.77. The Kier molecular flexibility index (Phi) is 6.05. The van der Waals surface area contributed by atoms with Crippen molar-refractivity contribution in [3.63, 3.8) is 0 Å². The number of aryl methyl sites for hydroxylation is 1. The molecular formula is C21H18ClN3O4. The topological polar surface area (TPSA) is 97.3 Å². The second kappa shape index (κ2) is 8.67. The van der Waals surface area contributed by atoms with Crippen LogP contribution in [0, 0.1) is 18.3 Å². The Labute approximate surface area is 172 Å². The van der Waals surface area contributed by atoms with Gasteiger partial charge in [0.2, 0.25) is 5.88 Å². The maximum absolute atomic E-state index is 12.6. The molecule has 0 spiro atoms. The highest BCUT2D eigenvalue weighted by molar-refractivity contribution is 6.31. The smallest absolute Gasteiger partial charge is 0.343 e. The van der Waals surface area contributed by atoms with Crippen LogP contribution in [-0.2, 0) is 16.1 Å². The summed E-state index contributed by atoms with van der Waals surface area (Å²) in [6.07, 6.45) is 2.32. The monoisotopic (exact) mass is 411 g/mol. The van der Waals surface area contributed by atoms with Crippen LogP contribution in [0.2, 0.25) is 5.02 Å². The third kappa shape index (κ3) is 4.33. The van der Waals surface area contributed by atoms with E-state index in [0.29, 0.717) is 5.02 Å². The number of nitrogens with one attached hydrogen (secondary N) is 1. The predicted octanol–water partition coefficient (Wildman–Crippen LogP) is 3.77. The zero-order valence-corrected chi connectivity index (χ0v) is 16.6. The Balaban J connectivity index is 1.71. The number of aromatic nitrogens is 1. The molecule has 29 heavy (non-hydrogen) atoms. The van der Waals surface area contributed by atoms with Crippen molar-refractivity contribution in [1.82, 2.24) is 9.88 Å². The first kappa shape index (κ1) is 20.2. The normalized spacial score (nSPS) is 11.5. The number of hydrogen-bond donors (Lipinski definition) is 1. The minimum absolute atomic E-state index is 0.00181. The van der Waals surface area contributed by atoms with Crippen molar-refractivity contribution < 1.29 is 18.7 Å². The van der Waals surface area contributed by atoms with Gasteiger partial charge >= 0.3 is 5.97 Å². The van der Waals surface area contributed by atoms with Gasteiger partial charge in [-0.25, -0.2) is 4.79 Å². The molecule has 0 unspecified atom stereocenters. The van der Waals surface area contributed by atoms with Crippen molar-refractivity contribution in [2.75, 3.05) is 0 Å². The van der Waals surface area contributed by atoms with Gasteiger partial charge in [-0.2, -0.15) is 5.26 Å². The zero-order valence-electron chi connectivity index (χ0n) is 15.8. The summed E-state index contributed by atoms with van der Waals surface area (Å²) in [5.74, 6) is -0.832. The summed E-state index contributed by atoms with van der Waals surface area (Å²) < 4.78 is 12.4. The number of halogens is 1. The number of carbonyl (C=O) groups is 2. The van der Waals surface area contributed by atoms with E-state index in [9.17, 15) is 14.9 Å². The highest BCUT2D eigenvalue weighted by atomic mass is 35.5. The average molecular weight is 412 g/mol. The lowest BCUT2D eigenvalue weighted by Crippen LogP contribution is -2.35. The Morgan fingerprint density at radius 3 is 2.62 bits per heavy atom. The number of furan rings is 1. The van der Waals surface area contributed by atoms with Gasteiger partial charge in [0.1, 0.15) is 23.0 Å². The zero-order chi connectivity index (χ0) is 21.0. The van der Waals surface area contributed by atoms with Crippen LogP contribution in [0.1, 0.15) is 34.2 Å². The molecule has 148 valence electrons. The van der Waals surface area contributed by atoms with Gasteiger partial charge in [-0.05, 0) is 37.6 Å². The van der Waals surface area contributed by atoms with Crippen LogP contribution in [0.25, 0.3) is 5.88 Å². The summed E-state index contributed by atoms with van der Waals surface area (Å²) in [6, 6.07) is 12.6. The molecule has 0 aliphatic heterocycles. The summed E-state index contributed by atoms with van der Waals surface area (Å²) >= 11 is 6.07. The average Bonchev–Trinajstić information content (AvgIpc) is 3.34. The van der Waals surface area contributed by atoms with E-state index >= 15 is 0 Å². The molecule has 3 aromatic rings. The Hall–Kier alpha value is -3.50. The maximum atomic E-state index is 12.6. The van der Waals surface area contributed by atoms with Crippen LogP contribution in [0.5, 0.6) is 0 Å². The first-order valence-electron chi connectivity index (χ1n) is 8.81. The quantitative estimate of drug-likeness (QED) is 0.623. The van der Waals surface area contributed by atoms with Crippen LogP contribution < -0.4 is 5.32 Å². The maximum Gasteiger partial charge on any atom is 0.343 e. The molecule has 1 aromatic carbocycles.